The van der Waals surface area contributed by atoms with Crippen LogP contribution < -0.4 is 0 Å². The van der Waals surface area contributed by atoms with Crippen LogP contribution in [0.4, 0.5) is 0 Å². The van der Waals surface area contributed by atoms with E-state index < -0.39 is 0 Å². The number of carbonyl (C=O) groups is 1. The molecule has 1 aliphatic carbocycles. The molecular weight excluding hydrogens is 469 g/mol. The van der Waals surface area contributed by atoms with Crippen molar-refractivity contribution in [3.8, 4) is 0 Å². The standard InChI is InChI=1S/C27H35N3O2.2ClH/c31-26-19-24-9-5-4-8-23(24)18-25(26)29-12-10-22(11-13-29)27(32)30-16-14-28(15-17-30)20-21-6-2-1-3-7-21;;/h1-9,22,25-26,31H,10-20H2;2*1H/t25-,26-;;/m1../s1. The van der Waals surface area contributed by atoms with Crippen molar-refractivity contribution in [1.29, 1.82) is 0 Å². The van der Waals surface area contributed by atoms with Gasteiger partial charge in [0, 0.05) is 51.1 Å². The normalized spacial score (nSPS) is 24.0. The fraction of sp³-hybridized carbons (Fsp3) is 0.519. The number of rotatable bonds is 4. The first-order valence-electron chi connectivity index (χ1n) is 12.2. The first-order chi connectivity index (χ1) is 15.7. The summed E-state index contributed by atoms with van der Waals surface area (Å²) in [6.45, 7) is 6.37. The zero-order valence-electron chi connectivity index (χ0n) is 19.7. The molecule has 0 saturated carbocycles. The van der Waals surface area contributed by atoms with Gasteiger partial charge in [0.25, 0.3) is 0 Å². The highest BCUT2D eigenvalue weighted by molar-refractivity contribution is 5.85. The van der Waals surface area contributed by atoms with Gasteiger partial charge in [0.2, 0.25) is 5.91 Å². The molecule has 34 heavy (non-hydrogen) atoms. The predicted octanol–water partition coefficient (Wildman–Crippen LogP) is 3.41. The van der Waals surface area contributed by atoms with Crippen LogP contribution in [0.3, 0.4) is 0 Å². The first-order valence-corrected chi connectivity index (χ1v) is 12.2. The number of aliphatic hydroxyl groups is 1. The molecule has 3 aliphatic rings. The zero-order chi connectivity index (χ0) is 21.9. The van der Waals surface area contributed by atoms with E-state index >= 15 is 0 Å². The third-order valence-electron chi connectivity index (χ3n) is 7.70. The fourth-order valence-electron chi connectivity index (χ4n) is 5.76. The van der Waals surface area contributed by atoms with Crippen LogP contribution in [0.25, 0.3) is 0 Å². The molecule has 2 aliphatic heterocycles. The van der Waals surface area contributed by atoms with Crippen LogP contribution >= 0.6 is 24.8 Å². The van der Waals surface area contributed by atoms with E-state index in [4.69, 9.17) is 0 Å². The Balaban J connectivity index is 0.00000162. The Hall–Kier alpha value is -1.63. The van der Waals surface area contributed by atoms with E-state index in [-0.39, 0.29) is 42.9 Å². The molecule has 2 heterocycles. The van der Waals surface area contributed by atoms with Gasteiger partial charge in [-0.15, -0.1) is 24.8 Å². The van der Waals surface area contributed by atoms with Gasteiger partial charge in [0.05, 0.1) is 6.10 Å². The summed E-state index contributed by atoms with van der Waals surface area (Å²) in [6, 6.07) is 19.3. The molecule has 0 unspecified atom stereocenters. The molecule has 2 atom stereocenters. The largest absolute Gasteiger partial charge is 0.391 e. The van der Waals surface area contributed by atoms with Crippen molar-refractivity contribution in [3.63, 3.8) is 0 Å². The van der Waals surface area contributed by atoms with Gasteiger partial charge in [-0.3, -0.25) is 14.6 Å². The lowest BCUT2D eigenvalue weighted by Gasteiger charge is -2.43. The summed E-state index contributed by atoms with van der Waals surface area (Å²) in [5, 5.41) is 10.8. The second-order valence-corrected chi connectivity index (χ2v) is 9.71. The first kappa shape index (κ1) is 27.0. The molecule has 7 heteroatoms. The smallest absolute Gasteiger partial charge is 0.225 e. The summed E-state index contributed by atoms with van der Waals surface area (Å²) in [4.78, 5) is 20.1. The molecule has 5 nitrogen and oxygen atoms in total. The lowest BCUT2D eigenvalue weighted by Crippen LogP contribution is -2.54. The van der Waals surface area contributed by atoms with Gasteiger partial charge in [-0.05, 0) is 49.0 Å². The molecule has 2 aromatic rings. The van der Waals surface area contributed by atoms with Crippen molar-refractivity contribution in [2.24, 2.45) is 5.92 Å². The van der Waals surface area contributed by atoms with E-state index in [0.717, 1.165) is 71.5 Å². The van der Waals surface area contributed by atoms with Crippen molar-refractivity contribution < 1.29 is 9.90 Å². The second-order valence-electron chi connectivity index (χ2n) is 9.71. The van der Waals surface area contributed by atoms with Gasteiger partial charge < -0.3 is 10.0 Å². The van der Waals surface area contributed by atoms with Crippen molar-refractivity contribution in [1.82, 2.24) is 14.7 Å². The van der Waals surface area contributed by atoms with Gasteiger partial charge in [0.15, 0.2) is 0 Å². The molecule has 0 radical (unpaired) electrons. The average Bonchev–Trinajstić information content (AvgIpc) is 2.84. The molecular formula is C27H37Cl2N3O2. The number of fused-ring (bicyclic) bond motifs is 1. The van der Waals surface area contributed by atoms with Crippen LogP contribution in [0.5, 0.6) is 0 Å². The van der Waals surface area contributed by atoms with Crippen molar-refractivity contribution >= 4 is 30.7 Å². The lowest BCUT2D eigenvalue weighted by atomic mass is 9.84. The van der Waals surface area contributed by atoms with E-state index in [1.165, 1.54) is 16.7 Å². The van der Waals surface area contributed by atoms with Gasteiger partial charge in [0.1, 0.15) is 0 Å². The molecule has 1 amide bonds. The van der Waals surface area contributed by atoms with Crippen LogP contribution in [-0.4, -0.2) is 77.1 Å². The average molecular weight is 507 g/mol. The molecule has 0 spiro atoms. The summed E-state index contributed by atoms with van der Waals surface area (Å²) in [5.74, 6) is 0.485. The highest BCUT2D eigenvalue weighted by atomic mass is 35.5. The topological polar surface area (TPSA) is 47.0 Å². The molecule has 0 aromatic heterocycles. The minimum atomic E-state index is -0.310. The summed E-state index contributed by atoms with van der Waals surface area (Å²) in [7, 11) is 0. The van der Waals surface area contributed by atoms with Crippen LogP contribution in [0.15, 0.2) is 54.6 Å². The molecule has 0 bridgehead atoms. The fourth-order valence-corrected chi connectivity index (χ4v) is 5.76. The Morgan fingerprint density at radius 3 is 2.03 bits per heavy atom. The Morgan fingerprint density at radius 1 is 0.794 bits per heavy atom. The third-order valence-corrected chi connectivity index (χ3v) is 7.70. The Labute approximate surface area is 215 Å². The molecule has 2 saturated heterocycles. The molecule has 2 aromatic carbocycles. The SMILES string of the molecule is Cl.Cl.O=C(C1CCN([C@@H]2Cc3ccccc3C[C@H]2O)CC1)N1CCN(Cc2ccccc2)CC1. The van der Waals surface area contributed by atoms with Gasteiger partial charge in [-0.25, -0.2) is 0 Å². The predicted molar refractivity (Wildman–Crippen MR) is 141 cm³/mol. The van der Waals surface area contributed by atoms with E-state index in [0.29, 0.717) is 5.91 Å². The number of carbonyl (C=O) groups excluding carboxylic acids is 1. The summed E-state index contributed by atoms with van der Waals surface area (Å²) in [6.07, 6.45) is 3.17. The number of benzene rings is 2. The third kappa shape index (κ3) is 6.13. The van der Waals surface area contributed by atoms with Crippen LogP contribution in [0.1, 0.15) is 29.5 Å². The monoisotopic (exact) mass is 505 g/mol. The molecule has 186 valence electrons. The second kappa shape index (κ2) is 12.4. The lowest BCUT2D eigenvalue weighted by molar-refractivity contribution is -0.139. The van der Waals surface area contributed by atoms with Crippen molar-refractivity contribution in [3.05, 3.63) is 71.3 Å². The number of hydrogen-bond acceptors (Lipinski definition) is 4. The highest BCUT2D eigenvalue weighted by Crippen LogP contribution is 2.29. The molecule has 1 N–H and O–H groups in total. The number of nitrogens with zero attached hydrogens (tertiary/aromatic N) is 3. The summed E-state index contributed by atoms with van der Waals surface area (Å²) < 4.78 is 0. The molecule has 2 fully saturated rings. The number of hydrogen-bond donors (Lipinski definition) is 1. The van der Waals surface area contributed by atoms with E-state index in [9.17, 15) is 9.90 Å². The number of aliphatic hydroxyl groups excluding tert-OH is 1. The van der Waals surface area contributed by atoms with E-state index in [2.05, 4.69) is 69.3 Å². The quantitative estimate of drug-likeness (QED) is 0.691. The van der Waals surface area contributed by atoms with Crippen molar-refractivity contribution in [2.45, 2.75) is 44.4 Å². The minimum Gasteiger partial charge on any atom is -0.391 e. The van der Waals surface area contributed by atoms with Crippen molar-refractivity contribution in [2.75, 3.05) is 39.3 Å². The van der Waals surface area contributed by atoms with Gasteiger partial charge in [-0.1, -0.05) is 54.6 Å². The van der Waals surface area contributed by atoms with E-state index in [1.54, 1.807) is 0 Å². The minimum absolute atomic E-state index is 0. The Bertz CT molecular complexity index is 913. The number of likely N-dealkylation sites (tertiary alicyclic amines) is 1. The Kier molecular flexibility index (Phi) is 9.81. The Morgan fingerprint density at radius 2 is 1.38 bits per heavy atom. The number of piperazine rings is 1. The number of amides is 1. The maximum absolute atomic E-state index is 13.2. The highest BCUT2D eigenvalue weighted by Gasteiger charge is 2.36. The van der Waals surface area contributed by atoms with Gasteiger partial charge >= 0.3 is 0 Å². The number of piperidine rings is 1. The number of halogens is 2. The van der Waals surface area contributed by atoms with Gasteiger partial charge in [-0.2, -0.15) is 0 Å². The van der Waals surface area contributed by atoms with E-state index in [1.807, 2.05) is 0 Å². The zero-order valence-corrected chi connectivity index (χ0v) is 21.4. The maximum atomic E-state index is 13.2. The summed E-state index contributed by atoms with van der Waals surface area (Å²) >= 11 is 0. The maximum Gasteiger partial charge on any atom is 0.225 e. The van der Waals surface area contributed by atoms with Crippen LogP contribution in [0, 0.1) is 5.92 Å². The van der Waals surface area contributed by atoms with Crippen LogP contribution in [-0.2, 0) is 24.2 Å². The summed E-state index contributed by atoms with van der Waals surface area (Å²) in [5.41, 5.74) is 3.99. The molecule has 5 rings (SSSR count). The van der Waals surface area contributed by atoms with Crippen LogP contribution in [0.2, 0.25) is 0 Å².